The summed E-state index contributed by atoms with van der Waals surface area (Å²) >= 11 is 3.38. The van der Waals surface area contributed by atoms with E-state index in [1.54, 1.807) is 18.2 Å². The Morgan fingerprint density at radius 2 is 1.86 bits per heavy atom. The second-order valence-electron chi connectivity index (χ2n) is 5.39. The standard InChI is InChI=1S/C16H16BrNO2S/c1-11-9-13(7-8-15(11)17)21(19,20)18-16-10-14(16)12-5-3-2-4-6-12/h2-9,14,16,18H,10H2,1H3. The topological polar surface area (TPSA) is 46.2 Å². The van der Waals surface area contributed by atoms with Gasteiger partial charge in [0.05, 0.1) is 4.90 Å². The van der Waals surface area contributed by atoms with Gasteiger partial charge in [-0.2, -0.15) is 0 Å². The third-order valence-electron chi connectivity index (χ3n) is 3.76. The number of hydrogen-bond acceptors (Lipinski definition) is 2. The average Bonchev–Trinajstić information content (AvgIpc) is 3.21. The van der Waals surface area contributed by atoms with Crippen LogP contribution in [0.2, 0.25) is 0 Å². The Labute approximate surface area is 133 Å². The molecule has 0 aromatic heterocycles. The second kappa shape index (κ2) is 5.55. The van der Waals surface area contributed by atoms with Crippen LogP contribution >= 0.6 is 15.9 Å². The average molecular weight is 366 g/mol. The molecule has 3 rings (SSSR count). The molecule has 0 saturated heterocycles. The first-order valence-corrected chi connectivity index (χ1v) is 9.08. The number of halogens is 1. The van der Waals surface area contributed by atoms with Gasteiger partial charge in [0.1, 0.15) is 0 Å². The maximum absolute atomic E-state index is 12.4. The van der Waals surface area contributed by atoms with Crippen LogP contribution in [0.5, 0.6) is 0 Å². The molecule has 0 bridgehead atoms. The number of sulfonamides is 1. The fraction of sp³-hybridized carbons (Fsp3) is 0.250. The van der Waals surface area contributed by atoms with E-state index in [0.717, 1.165) is 16.5 Å². The van der Waals surface area contributed by atoms with Crippen molar-refractivity contribution in [1.29, 1.82) is 0 Å². The Balaban J connectivity index is 1.75. The predicted molar refractivity (Wildman–Crippen MR) is 86.8 cm³/mol. The Hall–Kier alpha value is -1.17. The van der Waals surface area contributed by atoms with Crippen molar-refractivity contribution in [3.8, 4) is 0 Å². The first kappa shape index (κ1) is 14.8. The number of nitrogens with one attached hydrogen (secondary N) is 1. The van der Waals surface area contributed by atoms with Gasteiger partial charge >= 0.3 is 0 Å². The predicted octanol–water partition coefficient (Wildman–Crippen LogP) is 3.59. The molecule has 2 aromatic carbocycles. The molecule has 2 aromatic rings. The first-order valence-electron chi connectivity index (χ1n) is 6.81. The maximum atomic E-state index is 12.4. The van der Waals surface area contributed by atoms with E-state index in [1.165, 1.54) is 5.56 Å². The lowest BCUT2D eigenvalue weighted by Crippen LogP contribution is -2.26. The quantitative estimate of drug-likeness (QED) is 0.899. The second-order valence-corrected chi connectivity index (χ2v) is 7.96. The van der Waals surface area contributed by atoms with Gasteiger partial charge in [0.25, 0.3) is 0 Å². The van der Waals surface area contributed by atoms with E-state index in [0.29, 0.717) is 4.90 Å². The highest BCUT2D eigenvalue weighted by Crippen LogP contribution is 2.41. The van der Waals surface area contributed by atoms with Crippen LogP contribution in [-0.4, -0.2) is 14.5 Å². The molecule has 0 radical (unpaired) electrons. The molecule has 0 spiro atoms. The number of rotatable bonds is 4. The molecule has 1 saturated carbocycles. The van der Waals surface area contributed by atoms with Crippen LogP contribution in [-0.2, 0) is 10.0 Å². The minimum atomic E-state index is -3.45. The molecular weight excluding hydrogens is 350 g/mol. The van der Waals surface area contributed by atoms with E-state index in [2.05, 4.69) is 20.7 Å². The zero-order valence-corrected chi connectivity index (χ0v) is 14.0. The lowest BCUT2D eigenvalue weighted by atomic mass is 10.1. The molecule has 2 unspecified atom stereocenters. The van der Waals surface area contributed by atoms with Gasteiger partial charge < -0.3 is 0 Å². The van der Waals surface area contributed by atoms with Gasteiger partial charge in [0.15, 0.2) is 0 Å². The van der Waals surface area contributed by atoms with Crippen molar-refractivity contribution in [3.63, 3.8) is 0 Å². The van der Waals surface area contributed by atoms with Crippen LogP contribution in [0.4, 0.5) is 0 Å². The molecule has 0 heterocycles. The van der Waals surface area contributed by atoms with Crippen LogP contribution < -0.4 is 4.72 Å². The van der Waals surface area contributed by atoms with Gasteiger partial charge in [-0.15, -0.1) is 0 Å². The summed E-state index contributed by atoms with van der Waals surface area (Å²) in [6, 6.07) is 15.1. The summed E-state index contributed by atoms with van der Waals surface area (Å²) in [6.07, 6.45) is 0.860. The van der Waals surface area contributed by atoms with Crippen LogP contribution in [0.25, 0.3) is 0 Å². The Morgan fingerprint density at radius 3 is 2.52 bits per heavy atom. The van der Waals surface area contributed by atoms with E-state index >= 15 is 0 Å². The van der Waals surface area contributed by atoms with E-state index in [9.17, 15) is 8.42 Å². The summed E-state index contributed by atoms with van der Waals surface area (Å²) in [5.74, 6) is 0.289. The maximum Gasteiger partial charge on any atom is 0.240 e. The zero-order valence-electron chi connectivity index (χ0n) is 11.6. The molecule has 3 nitrogen and oxygen atoms in total. The SMILES string of the molecule is Cc1cc(S(=O)(=O)NC2CC2c2ccccc2)ccc1Br. The Morgan fingerprint density at radius 1 is 1.14 bits per heavy atom. The summed E-state index contributed by atoms with van der Waals surface area (Å²) in [4.78, 5) is 0.321. The summed E-state index contributed by atoms with van der Waals surface area (Å²) in [6.45, 7) is 1.88. The minimum absolute atomic E-state index is 0.00125. The molecule has 1 N–H and O–H groups in total. The highest BCUT2D eigenvalue weighted by molar-refractivity contribution is 9.10. The fourth-order valence-electron chi connectivity index (χ4n) is 2.45. The molecule has 110 valence electrons. The molecule has 1 fully saturated rings. The number of hydrogen-bond donors (Lipinski definition) is 1. The van der Waals surface area contributed by atoms with E-state index < -0.39 is 10.0 Å². The summed E-state index contributed by atoms with van der Waals surface area (Å²) in [5.41, 5.74) is 2.10. The van der Waals surface area contributed by atoms with Crippen molar-refractivity contribution < 1.29 is 8.42 Å². The smallest absolute Gasteiger partial charge is 0.207 e. The summed E-state index contributed by atoms with van der Waals surface area (Å²) in [5, 5.41) is 0. The van der Waals surface area contributed by atoms with E-state index in [1.807, 2.05) is 37.3 Å². The van der Waals surface area contributed by atoms with Gasteiger partial charge in [-0.25, -0.2) is 13.1 Å². The van der Waals surface area contributed by atoms with Gasteiger partial charge in [-0.05, 0) is 42.7 Å². The lowest BCUT2D eigenvalue weighted by molar-refractivity contribution is 0.580. The third-order valence-corrected chi connectivity index (χ3v) is 6.14. The van der Waals surface area contributed by atoms with Crippen LogP contribution in [0.3, 0.4) is 0 Å². The molecule has 5 heteroatoms. The number of aryl methyl sites for hydroxylation is 1. The van der Waals surface area contributed by atoms with Crippen molar-refractivity contribution in [3.05, 3.63) is 64.1 Å². The normalized spacial score (nSPS) is 21.2. The monoisotopic (exact) mass is 365 g/mol. The van der Waals surface area contributed by atoms with Crippen LogP contribution in [0.15, 0.2) is 57.9 Å². The van der Waals surface area contributed by atoms with Crippen molar-refractivity contribution in [2.45, 2.75) is 30.2 Å². The first-order chi connectivity index (χ1) is 9.97. The van der Waals surface area contributed by atoms with E-state index in [-0.39, 0.29) is 12.0 Å². The van der Waals surface area contributed by atoms with Crippen LogP contribution in [0.1, 0.15) is 23.5 Å². The highest BCUT2D eigenvalue weighted by Gasteiger charge is 2.41. The van der Waals surface area contributed by atoms with Crippen molar-refractivity contribution in [1.82, 2.24) is 4.72 Å². The molecule has 2 atom stereocenters. The number of benzene rings is 2. The van der Waals surface area contributed by atoms with Crippen molar-refractivity contribution in [2.24, 2.45) is 0 Å². The van der Waals surface area contributed by atoms with E-state index in [4.69, 9.17) is 0 Å². The fourth-order valence-corrected chi connectivity index (χ4v) is 4.07. The van der Waals surface area contributed by atoms with Gasteiger partial charge in [0, 0.05) is 16.4 Å². The summed E-state index contributed by atoms with van der Waals surface area (Å²) in [7, 11) is -3.45. The van der Waals surface area contributed by atoms with Crippen LogP contribution in [0, 0.1) is 6.92 Å². The highest BCUT2D eigenvalue weighted by atomic mass is 79.9. The molecule has 1 aliphatic carbocycles. The molecule has 1 aliphatic rings. The third kappa shape index (κ3) is 3.20. The molecule has 0 aliphatic heterocycles. The zero-order chi connectivity index (χ0) is 15.0. The Kier molecular flexibility index (Phi) is 3.90. The largest absolute Gasteiger partial charge is 0.240 e. The summed E-state index contributed by atoms with van der Waals surface area (Å²) < 4.78 is 28.5. The molecule has 0 amide bonds. The van der Waals surface area contributed by atoms with Gasteiger partial charge in [-0.1, -0.05) is 46.3 Å². The van der Waals surface area contributed by atoms with Gasteiger partial charge in [-0.3, -0.25) is 0 Å². The molecular formula is C16H16BrNO2S. The molecule has 21 heavy (non-hydrogen) atoms. The lowest BCUT2D eigenvalue weighted by Gasteiger charge is -2.08. The minimum Gasteiger partial charge on any atom is -0.207 e. The van der Waals surface area contributed by atoms with Crippen molar-refractivity contribution >= 4 is 26.0 Å². The van der Waals surface area contributed by atoms with Gasteiger partial charge in [0.2, 0.25) is 10.0 Å². The Bertz CT molecular complexity index is 759. The van der Waals surface area contributed by atoms with Crippen molar-refractivity contribution in [2.75, 3.05) is 0 Å².